The Bertz CT molecular complexity index is 1000. The van der Waals surface area contributed by atoms with E-state index in [0.717, 1.165) is 0 Å². The van der Waals surface area contributed by atoms with Crippen molar-refractivity contribution in [1.29, 1.82) is 0 Å². The summed E-state index contributed by atoms with van der Waals surface area (Å²) >= 11 is 0. The summed E-state index contributed by atoms with van der Waals surface area (Å²) in [5.41, 5.74) is 0.901. The molecular weight excluding hydrogens is 401 g/mol. The molecule has 4 rings (SSSR count). The number of piperazine rings is 1. The lowest BCUT2D eigenvalue weighted by molar-refractivity contribution is -0.286. The molecule has 1 fully saturated rings. The Hall–Kier alpha value is -3.49. The number of alkyl halides is 2. The van der Waals surface area contributed by atoms with E-state index in [-0.39, 0.29) is 34.7 Å². The van der Waals surface area contributed by atoms with Gasteiger partial charge in [-0.3, -0.25) is 9.59 Å². The van der Waals surface area contributed by atoms with Crippen molar-refractivity contribution in [2.45, 2.75) is 6.29 Å². The second kappa shape index (κ2) is 7.74. The first-order valence-corrected chi connectivity index (χ1v) is 9.22. The van der Waals surface area contributed by atoms with Crippen LogP contribution in [0.5, 0.6) is 11.5 Å². The third-order valence-electron chi connectivity index (χ3n) is 4.82. The first kappa shape index (κ1) is 19.8. The van der Waals surface area contributed by atoms with Crippen molar-refractivity contribution in [3.8, 4) is 11.5 Å². The number of halogens is 3. The second-order valence-electron chi connectivity index (χ2n) is 6.83. The zero-order valence-corrected chi connectivity index (χ0v) is 15.7. The minimum absolute atomic E-state index is 0.125. The van der Waals surface area contributed by atoms with Crippen molar-refractivity contribution in [2.24, 2.45) is 0 Å². The van der Waals surface area contributed by atoms with E-state index in [9.17, 15) is 22.8 Å². The van der Waals surface area contributed by atoms with Crippen molar-refractivity contribution in [3.05, 3.63) is 65.5 Å². The first-order valence-electron chi connectivity index (χ1n) is 9.22. The summed E-state index contributed by atoms with van der Waals surface area (Å²) in [4.78, 5) is 28.1. The van der Waals surface area contributed by atoms with Gasteiger partial charge in [0.2, 0.25) is 5.91 Å². The normalized spacial score (nSPS) is 17.4. The highest BCUT2D eigenvalue weighted by Crippen LogP contribution is 2.41. The number of carbonyl (C=O) groups excluding carboxylic acids is 2. The number of rotatable bonds is 3. The maximum Gasteiger partial charge on any atom is 0.586 e. The fraction of sp³-hybridized carbons (Fsp3) is 0.238. The molecule has 2 amide bonds. The molecule has 2 heterocycles. The zero-order valence-electron chi connectivity index (χ0n) is 15.7. The highest BCUT2D eigenvalue weighted by atomic mass is 19.3. The summed E-state index contributed by atoms with van der Waals surface area (Å²) in [6, 6.07) is 9.64. The molecule has 0 N–H and O–H groups in total. The molecular formula is C21H17F3N2O4. The molecule has 9 heteroatoms. The monoisotopic (exact) mass is 418 g/mol. The summed E-state index contributed by atoms with van der Waals surface area (Å²) in [5, 5.41) is 0. The van der Waals surface area contributed by atoms with Crippen LogP contribution in [0.1, 0.15) is 15.9 Å². The minimum atomic E-state index is -3.74. The lowest BCUT2D eigenvalue weighted by Gasteiger charge is -2.34. The van der Waals surface area contributed by atoms with Gasteiger partial charge in [-0.2, -0.15) is 0 Å². The van der Waals surface area contributed by atoms with Gasteiger partial charge in [-0.05, 0) is 42.0 Å². The fourth-order valence-electron chi connectivity index (χ4n) is 3.24. The van der Waals surface area contributed by atoms with Crippen molar-refractivity contribution < 1.29 is 32.2 Å². The Morgan fingerprint density at radius 1 is 0.900 bits per heavy atom. The summed E-state index contributed by atoms with van der Waals surface area (Å²) < 4.78 is 47.9. The molecule has 6 nitrogen and oxygen atoms in total. The van der Waals surface area contributed by atoms with Crippen molar-refractivity contribution in [3.63, 3.8) is 0 Å². The number of nitrogens with zero attached hydrogens (tertiary/aromatic N) is 2. The summed E-state index contributed by atoms with van der Waals surface area (Å²) in [5.74, 6) is -1.22. The van der Waals surface area contributed by atoms with Gasteiger partial charge in [0.25, 0.3) is 5.91 Å². The van der Waals surface area contributed by atoms with Gasteiger partial charge in [-0.25, -0.2) is 4.39 Å². The lowest BCUT2D eigenvalue weighted by Crippen LogP contribution is -2.50. The number of carbonyl (C=O) groups is 2. The van der Waals surface area contributed by atoms with Crippen LogP contribution in [0, 0.1) is 5.82 Å². The van der Waals surface area contributed by atoms with Crippen LogP contribution in [0.3, 0.4) is 0 Å². The predicted octanol–water partition coefficient (Wildman–Crippen LogP) is 3.15. The van der Waals surface area contributed by atoms with Crippen LogP contribution in [-0.4, -0.2) is 54.1 Å². The topological polar surface area (TPSA) is 59.1 Å². The van der Waals surface area contributed by atoms with Crippen LogP contribution in [-0.2, 0) is 4.79 Å². The molecule has 0 radical (unpaired) electrons. The van der Waals surface area contributed by atoms with Gasteiger partial charge < -0.3 is 19.3 Å². The molecule has 0 unspecified atom stereocenters. The maximum absolute atomic E-state index is 13.1. The summed E-state index contributed by atoms with van der Waals surface area (Å²) in [7, 11) is 0. The van der Waals surface area contributed by atoms with Crippen LogP contribution >= 0.6 is 0 Å². The van der Waals surface area contributed by atoms with Crippen LogP contribution in [0.4, 0.5) is 13.2 Å². The average molecular weight is 418 g/mol. The first-order chi connectivity index (χ1) is 14.3. The minimum Gasteiger partial charge on any atom is -0.395 e. The maximum atomic E-state index is 13.1. The van der Waals surface area contributed by atoms with Crippen molar-refractivity contribution >= 4 is 17.9 Å². The largest absolute Gasteiger partial charge is 0.586 e. The van der Waals surface area contributed by atoms with Gasteiger partial charge >= 0.3 is 6.29 Å². The Morgan fingerprint density at radius 2 is 1.53 bits per heavy atom. The van der Waals surface area contributed by atoms with Gasteiger partial charge in [0.15, 0.2) is 11.5 Å². The SMILES string of the molecule is O=C(/C=C/c1ccc(F)cc1)N1CCN(C(=O)c2ccc3c(c2)OC(F)(F)O3)CC1. The number of amides is 2. The molecule has 156 valence electrons. The van der Waals surface area contributed by atoms with Gasteiger partial charge in [0, 0.05) is 37.8 Å². The quantitative estimate of drug-likeness (QED) is 0.719. The van der Waals surface area contributed by atoms with E-state index in [4.69, 9.17) is 0 Å². The standard InChI is InChI=1S/C21H17F3N2O4/c22-16-5-1-14(2-6-16)3-8-19(27)25-9-11-26(12-10-25)20(28)15-4-7-17-18(13-15)30-21(23,24)29-17/h1-8,13H,9-12H2/b8-3+. The Labute approximate surface area is 170 Å². The molecule has 2 aromatic carbocycles. The van der Waals surface area contributed by atoms with Crippen LogP contribution in [0.25, 0.3) is 6.08 Å². The molecule has 0 spiro atoms. The molecule has 2 aliphatic heterocycles. The lowest BCUT2D eigenvalue weighted by atomic mass is 10.1. The molecule has 0 saturated carbocycles. The number of ether oxygens (including phenoxy) is 2. The smallest absolute Gasteiger partial charge is 0.395 e. The molecule has 0 bridgehead atoms. The Balaban J connectivity index is 1.34. The van der Waals surface area contributed by atoms with E-state index in [1.165, 1.54) is 36.4 Å². The summed E-state index contributed by atoms with van der Waals surface area (Å²) in [6.07, 6.45) is -0.734. The third-order valence-corrected chi connectivity index (χ3v) is 4.82. The van der Waals surface area contributed by atoms with Crippen LogP contribution < -0.4 is 9.47 Å². The van der Waals surface area contributed by atoms with Crippen molar-refractivity contribution in [2.75, 3.05) is 26.2 Å². The predicted molar refractivity (Wildman–Crippen MR) is 101 cm³/mol. The fourth-order valence-corrected chi connectivity index (χ4v) is 3.24. The van der Waals surface area contributed by atoms with Gasteiger partial charge in [-0.15, -0.1) is 8.78 Å². The van der Waals surface area contributed by atoms with Crippen molar-refractivity contribution in [1.82, 2.24) is 9.80 Å². The number of benzene rings is 2. The average Bonchev–Trinajstić information content (AvgIpc) is 3.05. The number of fused-ring (bicyclic) bond motifs is 1. The number of hydrogen-bond donors (Lipinski definition) is 0. The van der Waals surface area contributed by atoms with Crippen LogP contribution in [0.2, 0.25) is 0 Å². The molecule has 0 aromatic heterocycles. The summed E-state index contributed by atoms with van der Waals surface area (Å²) in [6.45, 7) is 1.28. The molecule has 0 aliphatic carbocycles. The highest BCUT2D eigenvalue weighted by Gasteiger charge is 2.43. The highest BCUT2D eigenvalue weighted by molar-refractivity contribution is 5.95. The van der Waals surface area contributed by atoms with E-state index in [1.54, 1.807) is 28.0 Å². The Kier molecular flexibility index (Phi) is 5.11. The van der Waals surface area contributed by atoms with Crippen LogP contribution in [0.15, 0.2) is 48.5 Å². The second-order valence-corrected chi connectivity index (χ2v) is 6.83. The van der Waals surface area contributed by atoms with Gasteiger partial charge in [-0.1, -0.05) is 12.1 Å². The van der Waals surface area contributed by atoms with Gasteiger partial charge in [0.05, 0.1) is 0 Å². The molecule has 30 heavy (non-hydrogen) atoms. The van der Waals surface area contributed by atoms with Gasteiger partial charge in [0.1, 0.15) is 5.82 Å². The van der Waals surface area contributed by atoms with E-state index in [0.29, 0.717) is 31.7 Å². The Morgan fingerprint density at radius 3 is 2.23 bits per heavy atom. The zero-order chi connectivity index (χ0) is 21.3. The van der Waals surface area contributed by atoms with E-state index < -0.39 is 6.29 Å². The molecule has 2 aliphatic rings. The third kappa shape index (κ3) is 4.24. The number of hydrogen-bond acceptors (Lipinski definition) is 4. The molecule has 0 atom stereocenters. The van der Waals surface area contributed by atoms with E-state index in [2.05, 4.69) is 9.47 Å². The molecule has 2 aromatic rings. The molecule has 1 saturated heterocycles. The van der Waals surface area contributed by atoms with E-state index >= 15 is 0 Å². The van der Waals surface area contributed by atoms with E-state index in [1.807, 2.05) is 0 Å².